The van der Waals surface area contributed by atoms with Crippen molar-refractivity contribution in [1.82, 2.24) is 15.1 Å². The molecule has 1 atom stereocenters. The lowest BCUT2D eigenvalue weighted by Crippen LogP contribution is -2.47. The van der Waals surface area contributed by atoms with E-state index >= 15 is 0 Å². The van der Waals surface area contributed by atoms with E-state index < -0.39 is 23.5 Å². The molecule has 34 heavy (non-hydrogen) atoms. The predicted octanol–water partition coefficient (Wildman–Crippen LogP) is 4.47. The van der Waals surface area contributed by atoms with Gasteiger partial charge in [-0.1, -0.05) is 12.8 Å². The average molecular weight is 484 g/mol. The number of piperidine rings is 1. The molecule has 0 radical (unpaired) electrons. The highest BCUT2D eigenvalue weighted by atomic mass is 19.4. The van der Waals surface area contributed by atoms with Gasteiger partial charge in [-0.15, -0.1) is 0 Å². The Morgan fingerprint density at radius 2 is 1.65 bits per heavy atom. The van der Waals surface area contributed by atoms with Crippen LogP contribution in [-0.4, -0.2) is 60.4 Å². The molecule has 0 spiro atoms. The number of nitrogens with zero attached hydrogens (tertiary/aromatic N) is 2. The highest BCUT2D eigenvalue weighted by Crippen LogP contribution is 2.31. The van der Waals surface area contributed by atoms with Gasteiger partial charge in [0.1, 0.15) is 5.82 Å². The van der Waals surface area contributed by atoms with Crippen LogP contribution in [0.15, 0.2) is 18.2 Å². The van der Waals surface area contributed by atoms with Crippen LogP contribution in [0.25, 0.3) is 0 Å². The second-order valence-corrected chi connectivity index (χ2v) is 9.99. The van der Waals surface area contributed by atoms with Crippen molar-refractivity contribution in [2.75, 3.05) is 32.7 Å². The molecule has 2 saturated heterocycles. The van der Waals surface area contributed by atoms with Crippen molar-refractivity contribution in [2.45, 2.75) is 63.6 Å². The molecule has 1 N–H and O–H groups in total. The monoisotopic (exact) mass is 483 g/mol. The molecule has 1 aromatic carbocycles. The van der Waals surface area contributed by atoms with Gasteiger partial charge in [-0.2, -0.15) is 13.2 Å². The maximum Gasteiger partial charge on any atom is 0.416 e. The summed E-state index contributed by atoms with van der Waals surface area (Å²) < 4.78 is 52.3. The standard InChI is InChI=1S/C25H33F4N3O2/c26-21-13-19(12-20(14-21)25(27,28)29)23(33)30-15-17-7-10-31(11-8-17)16-22-6-3-9-32(22)24(34)18-4-1-2-5-18/h12-14,17-18,22H,1-11,15-16H2,(H,30,33). The van der Waals surface area contributed by atoms with Crippen molar-refractivity contribution < 1.29 is 27.2 Å². The zero-order valence-electron chi connectivity index (χ0n) is 19.4. The first kappa shape index (κ1) is 24.9. The van der Waals surface area contributed by atoms with Crippen LogP contribution >= 0.6 is 0 Å². The van der Waals surface area contributed by atoms with Gasteiger partial charge in [0, 0.05) is 37.2 Å². The summed E-state index contributed by atoms with van der Waals surface area (Å²) in [6.45, 7) is 3.81. The lowest BCUT2D eigenvalue weighted by Gasteiger charge is -2.36. The molecule has 9 heteroatoms. The molecule has 5 nitrogen and oxygen atoms in total. The van der Waals surface area contributed by atoms with Crippen molar-refractivity contribution in [1.29, 1.82) is 0 Å². The number of benzene rings is 1. The molecular weight excluding hydrogens is 450 g/mol. The molecule has 188 valence electrons. The number of halogens is 4. The minimum absolute atomic E-state index is 0.209. The maximum atomic E-state index is 13.6. The normalized spacial score (nSPS) is 22.9. The highest BCUT2D eigenvalue weighted by molar-refractivity contribution is 5.94. The molecule has 2 amide bonds. The van der Waals surface area contributed by atoms with Crippen molar-refractivity contribution >= 4 is 11.8 Å². The summed E-state index contributed by atoms with van der Waals surface area (Å²) in [5, 5.41) is 2.67. The Bertz CT molecular complexity index is 877. The molecule has 1 aliphatic carbocycles. The molecule has 2 heterocycles. The number of rotatable bonds is 6. The highest BCUT2D eigenvalue weighted by Gasteiger charge is 2.36. The number of alkyl halides is 3. The van der Waals surface area contributed by atoms with E-state index in [-0.39, 0.29) is 23.4 Å². The van der Waals surface area contributed by atoms with Crippen LogP contribution in [0.3, 0.4) is 0 Å². The molecule has 3 aliphatic rings. The van der Waals surface area contributed by atoms with Crippen LogP contribution in [0.4, 0.5) is 17.6 Å². The van der Waals surface area contributed by atoms with Gasteiger partial charge >= 0.3 is 6.18 Å². The molecule has 2 aliphatic heterocycles. The summed E-state index contributed by atoms with van der Waals surface area (Å²) in [4.78, 5) is 29.7. The van der Waals surface area contributed by atoms with E-state index in [9.17, 15) is 27.2 Å². The number of hydrogen-bond donors (Lipinski definition) is 1. The summed E-state index contributed by atoms with van der Waals surface area (Å²) in [6.07, 6.45) is 3.47. The molecule has 4 rings (SSSR count). The van der Waals surface area contributed by atoms with Gasteiger partial charge in [-0.3, -0.25) is 9.59 Å². The first-order chi connectivity index (χ1) is 16.2. The van der Waals surface area contributed by atoms with Gasteiger partial charge in [0.05, 0.1) is 5.56 Å². The number of carbonyl (C=O) groups is 2. The summed E-state index contributed by atoms with van der Waals surface area (Å²) in [6, 6.07) is 2.17. The second-order valence-electron chi connectivity index (χ2n) is 9.99. The minimum atomic E-state index is -4.71. The Labute approximate surface area is 197 Å². The zero-order chi connectivity index (χ0) is 24.3. The third-order valence-corrected chi connectivity index (χ3v) is 7.58. The Hall–Kier alpha value is -2.16. The van der Waals surface area contributed by atoms with Gasteiger partial charge in [-0.05, 0) is 75.7 Å². The van der Waals surface area contributed by atoms with Gasteiger partial charge in [0.15, 0.2) is 0 Å². The Balaban J connectivity index is 1.23. The Morgan fingerprint density at radius 3 is 2.32 bits per heavy atom. The first-order valence-electron chi connectivity index (χ1n) is 12.4. The van der Waals surface area contributed by atoms with Crippen molar-refractivity contribution in [3.63, 3.8) is 0 Å². The van der Waals surface area contributed by atoms with Gasteiger partial charge in [0.2, 0.25) is 5.91 Å². The van der Waals surface area contributed by atoms with E-state index in [4.69, 9.17) is 0 Å². The summed E-state index contributed by atoms with van der Waals surface area (Å²) in [5.41, 5.74) is -1.49. The van der Waals surface area contributed by atoms with E-state index in [0.717, 1.165) is 83.6 Å². The quantitative estimate of drug-likeness (QED) is 0.608. The molecule has 0 bridgehead atoms. The number of hydrogen-bond acceptors (Lipinski definition) is 3. The average Bonchev–Trinajstić information content (AvgIpc) is 3.49. The van der Waals surface area contributed by atoms with Crippen LogP contribution in [0, 0.1) is 17.7 Å². The molecule has 3 fully saturated rings. The van der Waals surface area contributed by atoms with E-state index in [1.807, 2.05) is 0 Å². The second kappa shape index (κ2) is 10.6. The lowest BCUT2D eigenvalue weighted by molar-refractivity contribution is -0.138. The van der Waals surface area contributed by atoms with Crippen molar-refractivity contribution in [3.05, 3.63) is 35.1 Å². The fourth-order valence-corrected chi connectivity index (χ4v) is 5.62. The maximum absolute atomic E-state index is 13.6. The van der Waals surface area contributed by atoms with E-state index in [2.05, 4.69) is 15.1 Å². The minimum Gasteiger partial charge on any atom is -0.352 e. The molecule has 1 saturated carbocycles. The van der Waals surface area contributed by atoms with Crippen LogP contribution < -0.4 is 5.32 Å². The van der Waals surface area contributed by atoms with E-state index in [1.165, 1.54) is 0 Å². The molecular formula is C25H33F4N3O2. The number of nitrogens with one attached hydrogen (secondary N) is 1. The van der Waals surface area contributed by atoms with Crippen LogP contribution in [0.5, 0.6) is 0 Å². The van der Waals surface area contributed by atoms with Crippen molar-refractivity contribution in [3.8, 4) is 0 Å². The van der Waals surface area contributed by atoms with Gasteiger partial charge in [-0.25, -0.2) is 4.39 Å². The van der Waals surface area contributed by atoms with Crippen LogP contribution in [0.1, 0.15) is 67.3 Å². The SMILES string of the molecule is O=C(NCC1CCN(CC2CCCN2C(=O)C2CCCC2)CC1)c1cc(F)cc(C(F)(F)F)c1. The Kier molecular flexibility index (Phi) is 7.80. The molecule has 1 aromatic rings. The number of amides is 2. The van der Waals surface area contributed by atoms with Crippen molar-refractivity contribution in [2.24, 2.45) is 11.8 Å². The number of likely N-dealkylation sites (tertiary alicyclic amines) is 2. The van der Waals surface area contributed by atoms with E-state index in [1.54, 1.807) is 0 Å². The number of carbonyl (C=O) groups excluding carboxylic acids is 2. The molecule has 0 aromatic heterocycles. The Morgan fingerprint density at radius 1 is 0.941 bits per heavy atom. The lowest BCUT2D eigenvalue weighted by atomic mass is 9.96. The zero-order valence-corrected chi connectivity index (χ0v) is 19.4. The fourth-order valence-electron chi connectivity index (χ4n) is 5.62. The van der Waals surface area contributed by atoms with Gasteiger partial charge < -0.3 is 15.1 Å². The van der Waals surface area contributed by atoms with Crippen LogP contribution in [0.2, 0.25) is 0 Å². The predicted molar refractivity (Wildman–Crippen MR) is 120 cm³/mol. The van der Waals surface area contributed by atoms with E-state index in [0.29, 0.717) is 24.6 Å². The summed E-state index contributed by atoms with van der Waals surface area (Å²) in [7, 11) is 0. The fraction of sp³-hybridized carbons (Fsp3) is 0.680. The van der Waals surface area contributed by atoms with Crippen LogP contribution in [-0.2, 0) is 11.0 Å². The third-order valence-electron chi connectivity index (χ3n) is 7.58. The largest absolute Gasteiger partial charge is 0.416 e. The smallest absolute Gasteiger partial charge is 0.352 e. The topological polar surface area (TPSA) is 52.7 Å². The first-order valence-corrected chi connectivity index (χ1v) is 12.4. The summed E-state index contributed by atoms with van der Waals surface area (Å²) in [5.74, 6) is -1.01. The van der Waals surface area contributed by atoms with Gasteiger partial charge in [0.25, 0.3) is 5.91 Å². The molecule has 1 unspecified atom stereocenters. The summed E-state index contributed by atoms with van der Waals surface area (Å²) >= 11 is 0. The third kappa shape index (κ3) is 6.09.